The van der Waals surface area contributed by atoms with E-state index in [0.717, 1.165) is 19.3 Å². The van der Waals surface area contributed by atoms with E-state index in [0.29, 0.717) is 25.4 Å². The SMILES string of the molecule is CCCN(CCC)S(=O)(=O)CCCCCl. The van der Waals surface area contributed by atoms with Gasteiger partial charge in [0.15, 0.2) is 0 Å². The number of unbranched alkanes of at least 4 members (excludes halogenated alkanes) is 1. The molecule has 0 radical (unpaired) electrons. The van der Waals surface area contributed by atoms with Crippen LogP contribution in [0.2, 0.25) is 0 Å². The third-order valence-electron chi connectivity index (χ3n) is 2.13. The van der Waals surface area contributed by atoms with Gasteiger partial charge in [-0.15, -0.1) is 11.6 Å². The molecule has 0 aliphatic carbocycles. The highest BCUT2D eigenvalue weighted by Crippen LogP contribution is 2.07. The fourth-order valence-corrected chi connectivity index (χ4v) is 3.33. The second-order valence-corrected chi connectivity index (χ2v) is 6.08. The summed E-state index contributed by atoms with van der Waals surface area (Å²) in [6.07, 6.45) is 3.17. The molecule has 0 bridgehead atoms. The summed E-state index contributed by atoms with van der Waals surface area (Å²) in [7, 11) is -3.04. The van der Waals surface area contributed by atoms with Crippen molar-refractivity contribution in [2.45, 2.75) is 39.5 Å². The molecule has 0 fully saturated rings. The Morgan fingerprint density at radius 3 is 2.00 bits per heavy atom. The lowest BCUT2D eigenvalue weighted by Crippen LogP contribution is -2.34. The van der Waals surface area contributed by atoms with Crippen LogP contribution in [0.25, 0.3) is 0 Å². The molecule has 0 heterocycles. The van der Waals surface area contributed by atoms with E-state index < -0.39 is 10.0 Å². The Morgan fingerprint density at radius 1 is 1.07 bits per heavy atom. The van der Waals surface area contributed by atoms with Crippen LogP contribution in [0.1, 0.15) is 39.5 Å². The third kappa shape index (κ3) is 6.38. The van der Waals surface area contributed by atoms with Crippen LogP contribution in [0.15, 0.2) is 0 Å². The Hall–Kier alpha value is 0.200. The number of hydrogen-bond acceptors (Lipinski definition) is 2. The quantitative estimate of drug-likeness (QED) is 0.469. The average molecular weight is 256 g/mol. The van der Waals surface area contributed by atoms with E-state index in [1.165, 1.54) is 0 Å². The molecule has 5 heteroatoms. The fourth-order valence-electron chi connectivity index (χ4n) is 1.40. The van der Waals surface area contributed by atoms with Gasteiger partial charge in [-0.3, -0.25) is 0 Å². The molecule has 0 N–H and O–H groups in total. The van der Waals surface area contributed by atoms with Crippen LogP contribution < -0.4 is 0 Å². The molecule has 0 saturated carbocycles. The molecule has 0 aromatic carbocycles. The van der Waals surface area contributed by atoms with Gasteiger partial charge >= 0.3 is 0 Å². The molecular weight excluding hydrogens is 234 g/mol. The maximum Gasteiger partial charge on any atom is 0.214 e. The van der Waals surface area contributed by atoms with E-state index in [4.69, 9.17) is 11.6 Å². The van der Waals surface area contributed by atoms with Crippen LogP contribution in [0, 0.1) is 0 Å². The number of sulfonamides is 1. The first kappa shape index (κ1) is 15.2. The predicted molar refractivity (Wildman–Crippen MR) is 65.9 cm³/mol. The summed E-state index contributed by atoms with van der Waals surface area (Å²) in [4.78, 5) is 0. The van der Waals surface area contributed by atoms with Crippen LogP contribution in [0.5, 0.6) is 0 Å². The van der Waals surface area contributed by atoms with Gasteiger partial charge in [0.25, 0.3) is 0 Å². The van der Waals surface area contributed by atoms with Gasteiger partial charge in [0.1, 0.15) is 0 Å². The molecule has 0 unspecified atom stereocenters. The Bertz CT molecular complexity index is 236. The lowest BCUT2D eigenvalue weighted by atomic mass is 10.4. The van der Waals surface area contributed by atoms with Crippen LogP contribution >= 0.6 is 11.6 Å². The summed E-state index contributed by atoms with van der Waals surface area (Å²) >= 11 is 5.52. The number of alkyl halides is 1. The van der Waals surface area contributed by atoms with E-state index in [1.807, 2.05) is 13.8 Å². The zero-order valence-corrected chi connectivity index (χ0v) is 11.3. The first-order valence-electron chi connectivity index (χ1n) is 5.62. The van der Waals surface area contributed by atoms with Crippen LogP contribution in [0.3, 0.4) is 0 Å². The molecule has 15 heavy (non-hydrogen) atoms. The number of nitrogens with zero attached hydrogens (tertiary/aromatic N) is 1. The predicted octanol–water partition coefficient (Wildman–Crippen LogP) is 2.46. The highest BCUT2D eigenvalue weighted by molar-refractivity contribution is 7.89. The van der Waals surface area contributed by atoms with Crippen molar-refractivity contribution in [3.05, 3.63) is 0 Å². The first-order valence-corrected chi connectivity index (χ1v) is 7.76. The Labute approximate surface area is 98.8 Å². The second-order valence-electron chi connectivity index (χ2n) is 3.61. The standard InChI is InChI=1S/C10H22ClNO2S/c1-3-8-12(9-4-2)15(13,14)10-6-5-7-11/h3-10H2,1-2H3. The van der Waals surface area contributed by atoms with Crippen LogP contribution in [0.4, 0.5) is 0 Å². The minimum atomic E-state index is -3.04. The lowest BCUT2D eigenvalue weighted by molar-refractivity contribution is 0.409. The van der Waals surface area contributed by atoms with Gasteiger partial charge < -0.3 is 0 Å². The molecule has 0 aliphatic rings. The summed E-state index contributed by atoms with van der Waals surface area (Å²) in [5.41, 5.74) is 0. The molecule has 0 rings (SSSR count). The van der Waals surface area contributed by atoms with Gasteiger partial charge in [0.2, 0.25) is 10.0 Å². The summed E-state index contributed by atoms with van der Waals surface area (Å²) in [5.74, 6) is 0.775. The minimum Gasteiger partial charge on any atom is -0.212 e. The Balaban J connectivity index is 4.22. The van der Waals surface area contributed by atoms with Crippen molar-refractivity contribution in [3.63, 3.8) is 0 Å². The third-order valence-corrected chi connectivity index (χ3v) is 4.35. The zero-order chi connectivity index (χ0) is 11.7. The number of hydrogen-bond donors (Lipinski definition) is 0. The smallest absolute Gasteiger partial charge is 0.212 e. The highest BCUT2D eigenvalue weighted by atomic mass is 35.5. The number of rotatable bonds is 9. The maximum atomic E-state index is 11.9. The van der Waals surface area contributed by atoms with Crippen molar-refractivity contribution in [2.75, 3.05) is 24.7 Å². The average Bonchev–Trinajstić information content (AvgIpc) is 2.18. The van der Waals surface area contributed by atoms with Crippen molar-refractivity contribution < 1.29 is 8.42 Å². The van der Waals surface area contributed by atoms with Crippen LogP contribution in [-0.4, -0.2) is 37.4 Å². The van der Waals surface area contributed by atoms with E-state index in [1.54, 1.807) is 4.31 Å². The maximum absolute atomic E-state index is 11.9. The van der Waals surface area contributed by atoms with Crippen molar-refractivity contribution in [2.24, 2.45) is 0 Å². The van der Waals surface area contributed by atoms with E-state index in [2.05, 4.69) is 0 Å². The monoisotopic (exact) mass is 255 g/mol. The summed E-state index contributed by atoms with van der Waals surface area (Å²) < 4.78 is 25.3. The van der Waals surface area contributed by atoms with E-state index >= 15 is 0 Å². The second kappa shape index (κ2) is 8.36. The molecule has 0 aromatic heterocycles. The van der Waals surface area contributed by atoms with Gasteiger partial charge in [-0.1, -0.05) is 13.8 Å². The molecular formula is C10H22ClNO2S. The van der Waals surface area contributed by atoms with Crippen LogP contribution in [-0.2, 0) is 10.0 Å². The van der Waals surface area contributed by atoms with Crippen molar-refractivity contribution in [1.82, 2.24) is 4.31 Å². The lowest BCUT2D eigenvalue weighted by Gasteiger charge is -2.20. The molecule has 0 aromatic rings. The Morgan fingerprint density at radius 2 is 1.60 bits per heavy atom. The zero-order valence-electron chi connectivity index (χ0n) is 9.71. The first-order chi connectivity index (χ1) is 7.08. The molecule has 3 nitrogen and oxygen atoms in total. The molecule has 0 atom stereocenters. The van der Waals surface area contributed by atoms with Gasteiger partial charge in [-0.25, -0.2) is 12.7 Å². The minimum absolute atomic E-state index is 0.236. The fraction of sp³-hybridized carbons (Fsp3) is 1.00. The van der Waals surface area contributed by atoms with E-state index in [-0.39, 0.29) is 5.75 Å². The molecule has 0 saturated heterocycles. The summed E-state index contributed by atoms with van der Waals surface area (Å²) in [5, 5.41) is 0. The largest absolute Gasteiger partial charge is 0.214 e. The Kier molecular flexibility index (Phi) is 8.47. The van der Waals surface area contributed by atoms with E-state index in [9.17, 15) is 8.42 Å². The topological polar surface area (TPSA) is 37.4 Å². The highest BCUT2D eigenvalue weighted by Gasteiger charge is 2.19. The van der Waals surface area contributed by atoms with Gasteiger partial charge in [0.05, 0.1) is 5.75 Å². The normalized spacial score (nSPS) is 12.3. The summed E-state index contributed by atoms with van der Waals surface area (Å²) in [6.45, 7) is 5.27. The molecule has 92 valence electrons. The molecule has 0 spiro atoms. The van der Waals surface area contributed by atoms with Gasteiger partial charge in [0, 0.05) is 19.0 Å². The molecule has 0 aliphatic heterocycles. The molecule has 0 amide bonds. The van der Waals surface area contributed by atoms with Crippen molar-refractivity contribution in [3.8, 4) is 0 Å². The van der Waals surface area contributed by atoms with Gasteiger partial charge in [-0.2, -0.15) is 0 Å². The van der Waals surface area contributed by atoms with Crippen molar-refractivity contribution in [1.29, 1.82) is 0 Å². The number of halogens is 1. The van der Waals surface area contributed by atoms with Gasteiger partial charge in [-0.05, 0) is 25.7 Å². The van der Waals surface area contributed by atoms with Crippen molar-refractivity contribution >= 4 is 21.6 Å². The summed E-state index contributed by atoms with van der Waals surface area (Å²) in [6, 6.07) is 0.